The lowest BCUT2D eigenvalue weighted by molar-refractivity contribution is -0.140. The van der Waals surface area contributed by atoms with Gasteiger partial charge in [0, 0.05) is 30.9 Å². The standard InChI is InChI=1S/C20H23F5N8O/c1-10(2)33-9-13(16(31-33)20(23,24)25)29-18(34)11-8-27-32-7-5-14(30-17(11)32)28-12-4-3-6-19(21,22)15(12)26/h5,7-10,12,15H,3-4,6,26H2,1-2H3,(H,28,30)(H,29,34)/t12-,15-/m1/s1. The van der Waals surface area contributed by atoms with Gasteiger partial charge in [0.2, 0.25) is 0 Å². The van der Waals surface area contributed by atoms with Gasteiger partial charge >= 0.3 is 6.18 Å². The molecule has 1 aliphatic rings. The maximum atomic E-state index is 14.0. The molecule has 1 fully saturated rings. The minimum Gasteiger partial charge on any atom is -0.365 e. The third kappa shape index (κ3) is 4.54. The number of aromatic nitrogens is 5. The quantitative estimate of drug-likeness (QED) is 0.474. The summed E-state index contributed by atoms with van der Waals surface area (Å²) in [6.07, 6.45) is -0.669. The normalized spacial score (nSPS) is 20.6. The summed E-state index contributed by atoms with van der Waals surface area (Å²) in [4.78, 5) is 17.1. The van der Waals surface area contributed by atoms with Gasteiger partial charge in [0.05, 0.1) is 17.9 Å². The molecule has 3 aromatic rings. The number of anilines is 2. The average molecular weight is 486 g/mol. The highest BCUT2D eigenvalue weighted by atomic mass is 19.4. The first kappa shape index (κ1) is 23.9. The topological polar surface area (TPSA) is 115 Å². The van der Waals surface area contributed by atoms with Crippen LogP contribution in [-0.4, -0.2) is 48.3 Å². The van der Waals surface area contributed by atoms with E-state index < -0.39 is 41.5 Å². The Morgan fingerprint density at radius 2 is 2.06 bits per heavy atom. The van der Waals surface area contributed by atoms with Crippen LogP contribution in [0.1, 0.15) is 55.2 Å². The first-order valence-corrected chi connectivity index (χ1v) is 10.6. The Balaban J connectivity index is 1.60. The third-order valence-corrected chi connectivity index (χ3v) is 5.67. The predicted octanol–water partition coefficient (Wildman–Crippen LogP) is 3.70. The molecule has 3 aromatic heterocycles. The number of hydrogen-bond donors (Lipinski definition) is 3. The highest BCUT2D eigenvalue weighted by Gasteiger charge is 2.44. The molecule has 0 aliphatic heterocycles. The van der Waals surface area contributed by atoms with Crippen LogP contribution in [-0.2, 0) is 6.18 Å². The van der Waals surface area contributed by atoms with Crippen LogP contribution in [0.15, 0.2) is 24.7 Å². The molecule has 4 N–H and O–H groups in total. The van der Waals surface area contributed by atoms with Crippen molar-refractivity contribution in [1.82, 2.24) is 24.4 Å². The maximum absolute atomic E-state index is 14.0. The highest BCUT2D eigenvalue weighted by molar-refractivity contribution is 6.08. The molecular weight excluding hydrogens is 463 g/mol. The summed E-state index contributed by atoms with van der Waals surface area (Å²) in [5.74, 6) is -3.71. The average Bonchev–Trinajstić information content (AvgIpc) is 3.35. The van der Waals surface area contributed by atoms with E-state index in [1.54, 1.807) is 13.8 Å². The van der Waals surface area contributed by atoms with Crippen molar-refractivity contribution in [1.29, 1.82) is 0 Å². The number of amides is 1. The molecule has 0 unspecified atom stereocenters. The van der Waals surface area contributed by atoms with Crippen molar-refractivity contribution in [2.45, 2.75) is 63.3 Å². The van der Waals surface area contributed by atoms with E-state index in [0.717, 1.165) is 17.1 Å². The molecule has 1 amide bonds. The summed E-state index contributed by atoms with van der Waals surface area (Å²) in [6, 6.07) is -1.03. The van der Waals surface area contributed by atoms with E-state index in [4.69, 9.17) is 5.73 Å². The second-order valence-corrected chi connectivity index (χ2v) is 8.49. The first-order chi connectivity index (χ1) is 15.9. The number of hydrogen-bond acceptors (Lipinski definition) is 6. The van der Waals surface area contributed by atoms with E-state index in [9.17, 15) is 26.7 Å². The van der Waals surface area contributed by atoms with Crippen molar-refractivity contribution >= 4 is 23.1 Å². The summed E-state index contributed by atoms with van der Waals surface area (Å²) in [6.45, 7) is 3.30. The maximum Gasteiger partial charge on any atom is 0.437 e. The Bertz CT molecular complexity index is 1200. The van der Waals surface area contributed by atoms with Gasteiger partial charge < -0.3 is 16.4 Å². The molecule has 0 saturated heterocycles. The number of carbonyl (C=O) groups is 1. The van der Waals surface area contributed by atoms with Gasteiger partial charge in [0.15, 0.2) is 11.3 Å². The molecule has 34 heavy (non-hydrogen) atoms. The summed E-state index contributed by atoms with van der Waals surface area (Å²) in [5, 5.41) is 12.6. The van der Waals surface area contributed by atoms with Crippen LogP contribution in [0.25, 0.3) is 5.65 Å². The van der Waals surface area contributed by atoms with Crippen molar-refractivity contribution in [3.8, 4) is 0 Å². The number of nitrogens with two attached hydrogens (primary N) is 1. The molecule has 0 spiro atoms. The molecule has 1 saturated carbocycles. The van der Waals surface area contributed by atoms with Crippen LogP contribution in [0, 0.1) is 0 Å². The Kier molecular flexibility index (Phi) is 5.96. The van der Waals surface area contributed by atoms with Gasteiger partial charge in [-0.2, -0.15) is 23.4 Å². The van der Waals surface area contributed by atoms with Crippen LogP contribution in [0.2, 0.25) is 0 Å². The zero-order valence-electron chi connectivity index (χ0n) is 18.3. The van der Waals surface area contributed by atoms with Gasteiger partial charge in [-0.3, -0.25) is 9.48 Å². The molecule has 0 aromatic carbocycles. The number of rotatable bonds is 5. The smallest absolute Gasteiger partial charge is 0.365 e. The number of nitrogens with one attached hydrogen (secondary N) is 2. The number of fused-ring (bicyclic) bond motifs is 1. The van der Waals surface area contributed by atoms with E-state index in [1.807, 2.05) is 0 Å². The molecule has 3 heterocycles. The monoisotopic (exact) mass is 486 g/mol. The largest absolute Gasteiger partial charge is 0.437 e. The van der Waals surface area contributed by atoms with Crippen LogP contribution in [0.3, 0.4) is 0 Å². The van der Waals surface area contributed by atoms with E-state index >= 15 is 0 Å². The SMILES string of the molecule is CC(C)n1cc(NC(=O)c2cnn3ccc(N[C@@H]4CCCC(F)(F)[C@@H]4N)nc23)c(C(F)(F)F)n1. The van der Waals surface area contributed by atoms with E-state index in [-0.39, 0.29) is 35.9 Å². The lowest BCUT2D eigenvalue weighted by Crippen LogP contribution is -2.55. The molecule has 4 rings (SSSR count). The fourth-order valence-electron chi connectivity index (χ4n) is 3.81. The number of alkyl halides is 5. The number of halogens is 5. The summed E-state index contributed by atoms with van der Waals surface area (Å²) in [5.41, 5.74) is 3.91. The zero-order chi connectivity index (χ0) is 24.8. The van der Waals surface area contributed by atoms with Gasteiger partial charge in [-0.25, -0.2) is 18.3 Å². The Hall–Kier alpha value is -3.29. The van der Waals surface area contributed by atoms with E-state index in [1.165, 1.54) is 16.8 Å². The zero-order valence-corrected chi connectivity index (χ0v) is 18.3. The fourth-order valence-corrected chi connectivity index (χ4v) is 3.81. The van der Waals surface area contributed by atoms with Crippen LogP contribution in [0.5, 0.6) is 0 Å². The van der Waals surface area contributed by atoms with Gasteiger partial charge in [-0.15, -0.1) is 0 Å². The van der Waals surface area contributed by atoms with Crippen molar-refractivity contribution in [2.75, 3.05) is 10.6 Å². The fraction of sp³-hybridized carbons (Fsp3) is 0.500. The van der Waals surface area contributed by atoms with Crippen molar-refractivity contribution in [3.05, 3.63) is 35.9 Å². The predicted molar refractivity (Wildman–Crippen MR) is 113 cm³/mol. The van der Waals surface area contributed by atoms with Crippen LogP contribution < -0.4 is 16.4 Å². The third-order valence-electron chi connectivity index (χ3n) is 5.67. The van der Waals surface area contributed by atoms with Gasteiger partial charge in [0.1, 0.15) is 11.4 Å². The molecular formula is C20H23F5N8O. The summed E-state index contributed by atoms with van der Waals surface area (Å²) in [7, 11) is 0. The van der Waals surface area contributed by atoms with E-state index in [2.05, 4.69) is 25.8 Å². The minimum absolute atomic E-state index is 0.0310. The summed E-state index contributed by atoms with van der Waals surface area (Å²) >= 11 is 0. The highest BCUT2D eigenvalue weighted by Crippen LogP contribution is 2.35. The Morgan fingerprint density at radius 1 is 1.32 bits per heavy atom. The lowest BCUT2D eigenvalue weighted by Gasteiger charge is -2.36. The molecule has 1 aliphatic carbocycles. The molecule has 14 heteroatoms. The minimum atomic E-state index is -4.78. The van der Waals surface area contributed by atoms with Crippen LogP contribution in [0.4, 0.5) is 33.5 Å². The van der Waals surface area contributed by atoms with Crippen LogP contribution >= 0.6 is 0 Å². The number of carbonyl (C=O) groups excluding carboxylic acids is 1. The van der Waals surface area contributed by atoms with Gasteiger partial charge in [-0.05, 0) is 32.8 Å². The first-order valence-electron chi connectivity index (χ1n) is 10.6. The van der Waals surface area contributed by atoms with Gasteiger partial charge in [-0.1, -0.05) is 0 Å². The van der Waals surface area contributed by atoms with Crippen molar-refractivity contribution < 1.29 is 26.7 Å². The second-order valence-electron chi connectivity index (χ2n) is 8.49. The molecule has 0 radical (unpaired) electrons. The Morgan fingerprint density at radius 3 is 2.74 bits per heavy atom. The van der Waals surface area contributed by atoms with Gasteiger partial charge in [0.25, 0.3) is 11.8 Å². The Labute approximate surface area is 190 Å². The molecule has 0 bridgehead atoms. The number of nitrogens with zero attached hydrogens (tertiary/aromatic N) is 5. The molecule has 9 nitrogen and oxygen atoms in total. The van der Waals surface area contributed by atoms with E-state index in [0.29, 0.717) is 6.42 Å². The molecule has 184 valence electrons. The lowest BCUT2D eigenvalue weighted by atomic mass is 9.87. The van der Waals surface area contributed by atoms with Crippen molar-refractivity contribution in [3.63, 3.8) is 0 Å². The molecule has 2 atom stereocenters. The second kappa shape index (κ2) is 8.49. The summed E-state index contributed by atoms with van der Waals surface area (Å²) < 4.78 is 70.5. The van der Waals surface area contributed by atoms with Crippen molar-refractivity contribution in [2.24, 2.45) is 5.73 Å².